The van der Waals surface area contributed by atoms with Gasteiger partial charge in [-0.05, 0) is 44.0 Å². The summed E-state index contributed by atoms with van der Waals surface area (Å²) in [6, 6.07) is 13.7. The number of hydrogen-bond acceptors (Lipinski definition) is 3. The van der Waals surface area contributed by atoms with E-state index < -0.39 is 5.95 Å². The van der Waals surface area contributed by atoms with Crippen LogP contribution in [0.25, 0.3) is 5.65 Å². The third-order valence-electron chi connectivity index (χ3n) is 4.70. The summed E-state index contributed by atoms with van der Waals surface area (Å²) in [7, 11) is 0. The van der Waals surface area contributed by atoms with E-state index in [0.717, 1.165) is 12.8 Å². The van der Waals surface area contributed by atoms with Crippen molar-refractivity contribution < 1.29 is 9.18 Å². The van der Waals surface area contributed by atoms with E-state index >= 15 is 0 Å². The molecule has 0 saturated carbocycles. The van der Waals surface area contributed by atoms with Crippen LogP contribution in [0.3, 0.4) is 0 Å². The number of likely N-dealkylation sites (tertiary alicyclic amines) is 1. The quantitative estimate of drug-likeness (QED) is 0.695. The number of carbonyl (C=O) groups is 1. The van der Waals surface area contributed by atoms with Gasteiger partial charge in [-0.2, -0.15) is 4.39 Å². The number of carbonyl (C=O) groups excluding carboxylic acids is 1. The summed E-state index contributed by atoms with van der Waals surface area (Å²) in [4.78, 5) is 19.9. The molecule has 0 bridgehead atoms. The number of nitrogens with zero attached hydrogens (tertiary/aromatic N) is 3. The number of fused-ring (bicyclic) bond motifs is 1. The number of hydrogen-bond donors (Lipinski definition) is 0. The zero-order valence-electron chi connectivity index (χ0n) is 14.6. The first-order valence-electron chi connectivity index (χ1n) is 8.77. The van der Waals surface area contributed by atoms with Crippen molar-refractivity contribution in [2.75, 3.05) is 13.1 Å². The van der Waals surface area contributed by atoms with Crippen LogP contribution in [0, 0.1) is 12.9 Å². The molecule has 1 fully saturated rings. The highest BCUT2D eigenvalue weighted by Gasteiger charge is 2.28. The summed E-state index contributed by atoms with van der Waals surface area (Å²) in [5, 5.41) is 0.478. The number of amides is 1. The Hall–Kier alpha value is -2.34. The van der Waals surface area contributed by atoms with E-state index in [1.165, 1.54) is 14.9 Å². The molecular weight excluding hydrogens is 349 g/mol. The van der Waals surface area contributed by atoms with Crippen LogP contribution in [-0.4, -0.2) is 38.5 Å². The second-order valence-electron chi connectivity index (χ2n) is 6.61. The highest BCUT2D eigenvalue weighted by Crippen LogP contribution is 2.31. The van der Waals surface area contributed by atoms with Gasteiger partial charge in [0, 0.05) is 29.4 Å². The smallest absolute Gasteiger partial charge is 0.277 e. The zero-order chi connectivity index (χ0) is 18.1. The average molecular weight is 369 g/mol. The van der Waals surface area contributed by atoms with Crippen molar-refractivity contribution in [3.05, 3.63) is 65.9 Å². The molecule has 4 rings (SSSR count). The van der Waals surface area contributed by atoms with Crippen molar-refractivity contribution in [3.8, 4) is 0 Å². The molecule has 0 N–H and O–H groups in total. The average Bonchev–Trinajstić information content (AvgIpc) is 2.99. The number of piperidine rings is 1. The van der Waals surface area contributed by atoms with E-state index in [0.29, 0.717) is 24.0 Å². The van der Waals surface area contributed by atoms with Gasteiger partial charge in [0.1, 0.15) is 5.65 Å². The van der Waals surface area contributed by atoms with Crippen LogP contribution in [-0.2, 0) is 0 Å². The molecular formula is C20H20FN3OS. The number of imidazole rings is 1. The lowest BCUT2D eigenvalue weighted by atomic mass is 10.1. The fourth-order valence-corrected chi connectivity index (χ4v) is 4.55. The van der Waals surface area contributed by atoms with Gasteiger partial charge in [0.2, 0.25) is 5.95 Å². The van der Waals surface area contributed by atoms with Gasteiger partial charge in [0.15, 0.2) is 5.69 Å². The predicted octanol–water partition coefficient (Wildman–Crippen LogP) is 4.18. The van der Waals surface area contributed by atoms with Crippen LogP contribution in [0.4, 0.5) is 4.39 Å². The van der Waals surface area contributed by atoms with Crippen LogP contribution >= 0.6 is 11.8 Å². The lowest BCUT2D eigenvalue weighted by Crippen LogP contribution is -2.39. The minimum Gasteiger partial charge on any atom is -0.337 e. The highest BCUT2D eigenvalue weighted by molar-refractivity contribution is 8.00. The molecule has 1 aliphatic rings. The third kappa shape index (κ3) is 3.33. The Morgan fingerprint density at radius 1 is 1.19 bits per heavy atom. The SMILES string of the molecule is Cc1cccc(SC2CCN(C(=O)c3nc4ccccn4c3F)CC2)c1. The van der Waals surface area contributed by atoms with Crippen LogP contribution < -0.4 is 0 Å². The molecule has 134 valence electrons. The maximum Gasteiger partial charge on any atom is 0.277 e. The zero-order valence-corrected chi connectivity index (χ0v) is 15.4. The van der Waals surface area contributed by atoms with Crippen molar-refractivity contribution >= 4 is 23.3 Å². The monoisotopic (exact) mass is 369 g/mol. The Bertz CT molecular complexity index is 947. The Labute approximate surface area is 156 Å². The number of thioether (sulfide) groups is 1. The number of aromatic nitrogens is 2. The second kappa shape index (κ2) is 7.11. The fraction of sp³-hybridized carbons (Fsp3) is 0.300. The van der Waals surface area contributed by atoms with Gasteiger partial charge >= 0.3 is 0 Å². The van der Waals surface area contributed by atoms with E-state index in [1.807, 2.05) is 11.8 Å². The van der Waals surface area contributed by atoms with E-state index in [4.69, 9.17) is 0 Å². The second-order valence-corrected chi connectivity index (χ2v) is 7.98. The Morgan fingerprint density at radius 3 is 2.73 bits per heavy atom. The maximum atomic E-state index is 14.5. The molecule has 0 atom stereocenters. The summed E-state index contributed by atoms with van der Waals surface area (Å²) in [5.41, 5.74) is 1.63. The summed E-state index contributed by atoms with van der Waals surface area (Å²) < 4.78 is 15.8. The molecule has 3 heterocycles. The minimum atomic E-state index is -0.582. The van der Waals surface area contributed by atoms with Crippen LogP contribution in [0.1, 0.15) is 28.9 Å². The maximum absolute atomic E-state index is 14.5. The predicted molar refractivity (Wildman–Crippen MR) is 101 cm³/mol. The van der Waals surface area contributed by atoms with Crippen molar-refractivity contribution in [1.82, 2.24) is 14.3 Å². The molecule has 0 spiro atoms. The summed E-state index contributed by atoms with van der Waals surface area (Å²) in [6.45, 7) is 3.36. The first-order valence-corrected chi connectivity index (χ1v) is 9.65. The number of aryl methyl sites for hydroxylation is 1. The normalized spacial score (nSPS) is 15.5. The van der Waals surface area contributed by atoms with Crippen LogP contribution in [0.5, 0.6) is 0 Å². The number of benzene rings is 1. The summed E-state index contributed by atoms with van der Waals surface area (Å²) >= 11 is 1.86. The molecule has 1 amide bonds. The van der Waals surface area contributed by atoms with Gasteiger partial charge in [-0.15, -0.1) is 11.8 Å². The third-order valence-corrected chi connectivity index (χ3v) is 6.03. The molecule has 0 radical (unpaired) electrons. The molecule has 1 aliphatic heterocycles. The molecule has 1 aromatic carbocycles. The van der Waals surface area contributed by atoms with E-state index in [-0.39, 0.29) is 11.6 Å². The van der Waals surface area contributed by atoms with Crippen molar-refractivity contribution in [1.29, 1.82) is 0 Å². The largest absolute Gasteiger partial charge is 0.337 e. The minimum absolute atomic E-state index is 0.0824. The number of rotatable bonds is 3. The topological polar surface area (TPSA) is 37.6 Å². The Morgan fingerprint density at radius 2 is 2.00 bits per heavy atom. The Balaban J connectivity index is 1.42. The molecule has 3 aromatic rings. The van der Waals surface area contributed by atoms with Crippen molar-refractivity contribution in [2.24, 2.45) is 0 Å². The van der Waals surface area contributed by atoms with E-state index in [2.05, 4.69) is 36.2 Å². The molecule has 4 nitrogen and oxygen atoms in total. The first kappa shape index (κ1) is 17.1. The fourth-order valence-electron chi connectivity index (χ4n) is 3.31. The Kier molecular flexibility index (Phi) is 4.68. The van der Waals surface area contributed by atoms with Gasteiger partial charge in [0.25, 0.3) is 5.91 Å². The molecule has 1 saturated heterocycles. The first-order chi connectivity index (χ1) is 12.6. The van der Waals surface area contributed by atoms with Gasteiger partial charge in [-0.25, -0.2) is 4.98 Å². The molecule has 2 aromatic heterocycles. The van der Waals surface area contributed by atoms with Gasteiger partial charge in [0.05, 0.1) is 0 Å². The van der Waals surface area contributed by atoms with Crippen molar-refractivity contribution in [3.63, 3.8) is 0 Å². The molecule has 0 aliphatic carbocycles. The van der Waals surface area contributed by atoms with Crippen molar-refractivity contribution in [2.45, 2.75) is 29.9 Å². The standard InChI is InChI=1S/C20H20FN3OS/c1-14-5-4-6-16(13-14)26-15-8-11-23(12-9-15)20(25)18-19(21)24-10-3-2-7-17(24)22-18/h2-7,10,13,15H,8-9,11-12H2,1H3. The molecule has 6 heteroatoms. The molecule has 26 heavy (non-hydrogen) atoms. The van der Waals surface area contributed by atoms with Gasteiger partial charge in [-0.1, -0.05) is 23.8 Å². The van der Waals surface area contributed by atoms with E-state index in [9.17, 15) is 9.18 Å². The van der Waals surface area contributed by atoms with E-state index in [1.54, 1.807) is 29.3 Å². The highest BCUT2D eigenvalue weighted by atomic mass is 32.2. The summed E-state index contributed by atoms with van der Waals surface area (Å²) in [6.07, 6.45) is 3.39. The summed E-state index contributed by atoms with van der Waals surface area (Å²) in [5.74, 6) is -0.896. The van der Waals surface area contributed by atoms with Crippen LogP contribution in [0.15, 0.2) is 53.6 Å². The lowest BCUT2D eigenvalue weighted by molar-refractivity contribution is 0.0716. The number of pyridine rings is 1. The molecule has 0 unspecified atom stereocenters. The lowest BCUT2D eigenvalue weighted by Gasteiger charge is -2.31. The van der Waals surface area contributed by atoms with Crippen LogP contribution in [0.2, 0.25) is 0 Å². The van der Waals surface area contributed by atoms with Gasteiger partial charge in [-0.3, -0.25) is 9.20 Å². The number of halogens is 1. The van der Waals surface area contributed by atoms with Gasteiger partial charge < -0.3 is 4.90 Å².